The maximum atomic E-state index is 12.6. The predicted molar refractivity (Wildman–Crippen MR) is 121 cm³/mol. The number of aromatic nitrogens is 2. The molecule has 0 bridgehead atoms. The Morgan fingerprint density at radius 1 is 1.00 bits per heavy atom. The molecule has 0 unspecified atom stereocenters. The first-order valence-corrected chi connectivity index (χ1v) is 12.2. The molecule has 0 spiro atoms. The molecule has 9 heteroatoms. The van der Waals surface area contributed by atoms with E-state index >= 15 is 0 Å². The third-order valence-corrected chi connectivity index (χ3v) is 7.76. The second kappa shape index (κ2) is 9.22. The van der Waals surface area contributed by atoms with Gasteiger partial charge >= 0.3 is 6.01 Å². The molecule has 8 nitrogen and oxygen atoms in total. The van der Waals surface area contributed by atoms with Crippen LogP contribution >= 0.6 is 0 Å². The molecular formula is C23H26N4O4S. The second-order valence-corrected chi connectivity index (χ2v) is 9.61. The lowest BCUT2D eigenvalue weighted by molar-refractivity contribution is 0.102. The first-order chi connectivity index (χ1) is 15.4. The quantitative estimate of drug-likeness (QED) is 0.580. The number of anilines is 1. The van der Waals surface area contributed by atoms with E-state index in [0.717, 1.165) is 18.4 Å². The van der Waals surface area contributed by atoms with Crippen molar-refractivity contribution in [3.8, 4) is 11.5 Å². The van der Waals surface area contributed by atoms with Gasteiger partial charge in [-0.25, -0.2) is 8.42 Å². The Labute approximate surface area is 187 Å². The predicted octanol–water partition coefficient (Wildman–Crippen LogP) is 3.90. The molecule has 1 heterocycles. The molecule has 32 heavy (non-hydrogen) atoms. The molecule has 4 rings (SSSR count). The molecule has 0 saturated heterocycles. The highest BCUT2D eigenvalue weighted by molar-refractivity contribution is 7.89. The normalized spacial score (nSPS) is 13.7. The Bertz CT molecular complexity index is 1220. The van der Waals surface area contributed by atoms with Gasteiger partial charge in [0, 0.05) is 24.2 Å². The van der Waals surface area contributed by atoms with Crippen molar-refractivity contribution in [2.24, 2.45) is 0 Å². The molecule has 1 amide bonds. The second-order valence-electron chi connectivity index (χ2n) is 7.67. The van der Waals surface area contributed by atoms with Gasteiger partial charge in [-0.2, -0.15) is 4.31 Å². The highest BCUT2D eigenvalue weighted by atomic mass is 32.2. The van der Waals surface area contributed by atoms with Crippen molar-refractivity contribution in [2.75, 3.05) is 18.4 Å². The maximum absolute atomic E-state index is 12.6. The number of sulfonamides is 1. The number of fused-ring (bicyclic) bond motifs is 1. The lowest BCUT2D eigenvalue weighted by Gasteiger charge is -2.18. The summed E-state index contributed by atoms with van der Waals surface area (Å²) in [5.41, 5.74) is 3.78. The summed E-state index contributed by atoms with van der Waals surface area (Å²) in [6, 6.07) is 11.9. The molecule has 0 radical (unpaired) electrons. The van der Waals surface area contributed by atoms with Crippen LogP contribution in [0.5, 0.6) is 0 Å². The number of nitrogens with zero attached hydrogens (tertiary/aromatic N) is 3. The number of amides is 1. The van der Waals surface area contributed by atoms with Crippen molar-refractivity contribution >= 4 is 21.9 Å². The fraction of sp³-hybridized carbons (Fsp3) is 0.348. The van der Waals surface area contributed by atoms with E-state index in [1.54, 1.807) is 13.8 Å². The van der Waals surface area contributed by atoms with Gasteiger partial charge in [0.2, 0.25) is 15.9 Å². The van der Waals surface area contributed by atoms with Crippen molar-refractivity contribution < 1.29 is 17.6 Å². The molecule has 1 aliphatic rings. The number of benzene rings is 2. The van der Waals surface area contributed by atoms with Crippen LogP contribution in [0.15, 0.2) is 51.8 Å². The molecule has 1 aliphatic carbocycles. The summed E-state index contributed by atoms with van der Waals surface area (Å²) in [7, 11) is -3.58. The molecule has 0 aliphatic heterocycles. The fourth-order valence-electron chi connectivity index (χ4n) is 3.92. The summed E-state index contributed by atoms with van der Waals surface area (Å²) in [6.07, 6.45) is 4.53. The standard InChI is InChI=1S/C23H26N4O4S/c1-3-27(4-2)32(29,30)20-13-11-17(12-14-20)21(28)24-23-26-25-22(31-23)19-10-9-16-7-5-6-8-18(16)15-19/h9-15H,3-8H2,1-2H3,(H,24,26,28). The van der Waals surface area contributed by atoms with E-state index in [0.29, 0.717) is 19.0 Å². The maximum Gasteiger partial charge on any atom is 0.322 e. The molecule has 0 fully saturated rings. The zero-order chi connectivity index (χ0) is 22.7. The SMILES string of the molecule is CCN(CC)S(=O)(=O)c1ccc(C(=O)Nc2nnc(-c3ccc4c(c3)CCCC4)o2)cc1. The smallest absolute Gasteiger partial charge is 0.322 e. The molecule has 0 atom stereocenters. The zero-order valence-electron chi connectivity index (χ0n) is 18.2. The Kier molecular flexibility index (Phi) is 6.38. The number of hydrogen-bond acceptors (Lipinski definition) is 6. The van der Waals surface area contributed by atoms with Gasteiger partial charge in [-0.1, -0.05) is 25.0 Å². The van der Waals surface area contributed by atoms with E-state index in [-0.39, 0.29) is 16.5 Å². The van der Waals surface area contributed by atoms with Crippen molar-refractivity contribution in [1.29, 1.82) is 0 Å². The van der Waals surface area contributed by atoms with Crippen LogP contribution < -0.4 is 5.32 Å². The van der Waals surface area contributed by atoms with Crippen molar-refractivity contribution in [3.05, 3.63) is 59.2 Å². The average Bonchev–Trinajstić information content (AvgIpc) is 3.28. The van der Waals surface area contributed by atoms with Crippen LogP contribution in [0.3, 0.4) is 0 Å². The Morgan fingerprint density at radius 3 is 2.38 bits per heavy atom. The van der Waals surface area contributed by atoms with E-state index in [9.17, 15) is 13.2 Å². The zero-order valence-corrected chi connectivity index (χ0v) is 19.0. The number of rotatable bonds is 7. The summed E-state index contributed by atoms with van der Waals surface area (Å²) >= 11 is 0. The van der Waals surface area contributed by atoms with E-state index in [2.05, 4.69) is 27.6 Å². The molecule has 1 N–H and O–H groups in total. The first-order valence-electron chi connectivity index (χ1n) is 10.8. The third kappa shape index (κ3) is 4.44. The van der Waals surface area contributed by atoms with Gasteiger partial charge in [0.05, 0.1) is 4.90 Å². The third-order valence-electron chi connectivity index (χ3n) is 5.70. The monoisotopic (exact) mass is 454 g/mol. The van der Waals surface area contributed by atoms with Gasteiger partial charge in [0.1, 0.15) is 0 Å². The van der Waals surface area contributed by atoms with E-state index in [4.69, 9.17) is 4.42 Å². The number of carbonyl (C=O) groups excluding carboxylic acids is 1. The summed E-state index contributed by atoms with van der Waals surface area (Å²) in [4.78, 5) is 12.7. The van der Waals surface area contributed by atoms with Crippen LogP contribution in [0.1, 0.15) is 48.2 Å². The fourth-order valence-corrected chi connectivity index (χ4v) is 5.38. The number of aryl methyl sites for hydroxylation is 2. The van der Waals surface area contributed by atoms with Gasteiger partial charge in [0.15, 0.2) is 0 Å². The highest BCUT2D eigenvalue weighted by Gasteiger charge is 2.22. The van der Waals surface area contributed by atoms with Crippen LogP contribution in [0.4, 0.5) is 6.01 Å². The molecular weight excluding hydrogens is 428 g/mol. The van der Waals surface area contributed by atoms with Crippen LogP contribution in [-0.4, -0.2) is 41.9 Å². The Hall–Kier alpha value is -3.04. The van der Waals surface area contributed by atoms with Gasteiger partial charge in [0.25, 0.3) is 5.91 Å². The average molecular weight is 455 g/mol. The Morgan fingerprint density at radius 2 is 1.69 bits per heavy atom. The van der Waals surface area contributed by atoms with Crippen molar-refractivity contribution in [3.63, 3.8) is 0 Å². The van der Waals surface area contributed by atoms with E-state index < -0.39 is 15.9 Å². The molecule has 168 valence electrons. The minimum absolute atomic E-state index is 0.0115. The molecule has 2 aromatic carbocycles. The molecule has 3 aromatic rings. The van der Waals surface area contributed by atoms with Crippen LogP contribution in [-0.2, 0) is 22.9 Å². The Balaban J connectivity index is 1.46. The minimum Gasteiger partial charge on any atom is -0.403 e. The topological polar surface area (TPSA) is 105 Å². The van der Waals surface area contributed by atoms with E-state index in [1.165, 1.54) is 52.5 Å². The summed E-state index contributed by atoms with van der Waals surface area (Å²) in [5, 5.41) is 10.5. The summed E-state index contributed by atoms with van der Waals surface area (Å²) in [5.74, 6) is -0.119. The van der Waals surface area contributed by atoms with Gasteiger partial charge in [-0.15, -0.1) is 5.10 Å². The number of carbonyl (C=O) groups is 1. The first kappa shape index (κ1) is 22.2. The lowest BCUT2D eigenvalue weighted by Crippen LogP contribution is -2.30. The van der Waals surface area contributed by atoms with E-state index in [1.807, 2.05) is 6.07 Å². The molecule has 0 saturated carbocycles. The van der Waals surface area contributed by atoms with Gasteiger partial charge in [-0.05, 0) is 73.2 Å². The minimum atomic E-state index is -3.58. The molecule has 1 aromatic heterocycles. The lowest BCUT2D eigenvalue weighted by atomic mass is 9.90. The van der Waals surface area contributed by atoms with Crippen molar-refractivity contribution in [1.82, 2.24) is 14.5 Å². The largest absolute Gasteiger partial charge is 0.403 e. The number of nitrogens with one attached hydrogen (secondary N) is 1. The highest BCUT2D eigenvalue weighted by Crippen LogP contribution is 2.27. The summed E-state index contributed by atoms with van der Waals surface area (Å²) in [6.45, 7) is 4.33. The van der Waals surface area contributed by atoms with Gasteiger partial charge in [-0.3, -0.25) is 10.1 Å². The number of hydrogen-bond donors (Lipinski definition) is 1. The van der Waals surface area contributed by atoms with Crippen molar-refractivity contribution in [2.45, 2.75) is 44.4 Å². The van der Waals surface area contributed by atoms with Crippen LogP contribution in [0.25, 0.3) is 11.5 Å². The van der Waals surface area contributed by atoms with Crippen LogP contribution in [0.2, 0.25) is 0 Å². The summed E-state index contributed by atoms with van der Waals surface area (Å²) < 4.78 is 32.2. The van der Waals surface area contributed by atoms with Crippen LogP contribution in [0, 0.1) is 0 Å². The van der Waals surface area contributed by atoms with Gasteiger partial charge < -0.3 is 4.42 Å².